The van der Waals surface area contributed by atoms with Crippen LogP contribution in [0.25, 0.3) is 0 Å². The molecule has 0 aliphatic carbocycles. The van der Waals surface area contributed by atoms with Crippen molar-refractivity contribution < 1.29 is 19.4 Å². The maximum absolute atomic E-state index is 11.5. The molecule has 0 fully saturated rings. The molecule has 0 aliphatic rings. The molecule has 0 radical (unpaired) electrons. The molecular formula is C13H12N2O5. The lowest BCUT2D eigenvalue weighted by Gasteiger charge is -2.12. The van der Waals surface area contributed by atoms with Crippen LogP contribution >= 0.6 is 0 Å². The van der Waals surface area contributed by atoms with Gasteiger partial charge < -0.3 is 19.6 Å². The van der Waals surface area contributed by atoms with Gasteiger partial charge in [0.1, 0.15) is 11.3 Å². The molecule has 0 atom stereocenters. The Morgan fingerprint density at radius 1 is 1.35 bits per heavy atom. The minimum atomic E-state index is -1.13. The molecule has 104 valence electrons. The molecule has 0 aliphatic heterocycles. The van der Waals surface area contributed by atoms with Crippen LogP contribution in [0.1, 0.15) is 15.9 Å². The van der Waals surface area contributed by atoms with E-state index in [2.05, 4.69) is 9.97 Å². The van der Waals surface area contributed by atoms with E-state index in [4.69, 9.17) is 14.6 Å². The number of methoxy groups -OCH3 is 1. The highest BCUT2D eigenvalue weighted by Gasteiger charge is 2.18. The van der Waals surface area contributed by atoms with Gasteiger partial charge in [-0.25, -0.2) is 9.78 Å². The van der Waals surface area contributed by atoms with Gasteiger partial charge in [-0.05, 0) is 18.6 Å². The summed E-state index contributed by atoms with van der Waals surface area (Å²) in [6, 6.07) is 4.71. The lowest BCUT2D eigenvalue weighted by molar-refractivity contribution is 0.0694. The molecule has 20 heavy (non-hydrogen) atoms. The first-order chi connectivity index (χ1) is 9.54. The fourth-order valence-corrected chi connectivity index (χ4v) is 1.68. The number of aromatic amines is 1. The number of nitrogens with zero attached hydrogens (tertiary/aromatic N) is 1. The van der Waals surface area contributed by atoms with Crippen molar-refractivity contribution in [3.05, 3.63) is 46.0 Å². The molecule has 7 heteroatoms. The van der Waals surface area contributed by atoms with Crippen molar-refractivity contribution in [3.63, 3.8) is 0 Å². The average Bonchev–Trinajstić information content (AvgIpc) is 2.41. The van der Waals surface area contributed by atoms with Gasteiger partial charge in [-0.1, -0.05) is 12.1 Å². The van der Waals surface area contributed by atoms with Crippen LogP contribution in [0.3, 0.4) is 0 Å². The molecule has 2 rings (SSSR count). The molecule has 0 spiro atoms. The van der Waals surface area contributed by atoms with Crippen molar-refractivity contribution in [3.8, 4) is 17.4 Å². The molecule has 0 saturated heterocycles. The van der Waals surface area contributed by atoms with E-state index in [9.17, 15) is 9.59 Å². The fourth-order valence-electron chi connectivity index (χ4n) is 1.68. The second-order valence-electron chi connectivity index (χ2n) is 3.93. The third kappa shape index (κ3) is 2.46. The lowest BCUT2D eigenvalue weighted by Crippen LogP contribution is -2.12. The summed E-state index contributed by atoms with van der Waals surface area (Å²) in [6.45, 7) is 1.70. The molecule has 2 N–H and O–H groups in total. The molecule has 1 heterocycles. The number of carbonyl (C=O) groups is 1. The smallest absolute Gasteiger partial charge is 0.339 e. The number of hydrogen-bond acceptors (Lipinski definition) is 5. The monoisotopic (exact) mass is 276 g/mol. The summed E-state index contributed by atoms with van der Waals surface area (Å²) in [4.78, 5) is 28.9. The van der Waals surface area contributed by atoms with Gasteiger partial charge >= 0.3 is 5.97 Å². The summed E-state index contributed by atoms with van der Waals surface area (Å²) >= 11 is 0. The van der Waals surface area contributed by atoms with Crippen LogP contribution in [0.2, 0.25) is 0 Å². The van der Waals surface area contributed by atoms with Crippen molar-refractivity contribution in [2.45, 2.75) is 6.92 Å². The van der Waals surface area contributed by atoms with Crippen LogP contribution in [-0.4, -0.2) is 28.2 Å². The highest BCUT2D eigenvalue weighted by Crippen LogP contribution is 2.31. The van der Waals surface area contributed by atoms with Crippen LogP contribution in [0.15, 0.2) is 29.3 Å². The first kappa shape index (κ1) is 13.6. The number of carboxylic acid groups (broad SMARTS) is 1. The Hall–Kier alpha value is -2.83. The number of aromatic carboxylic acids is 1. The van der Waals surface area contributed by atoms with E-state index >= 15 is 0 Å². The summed E-state index contributed by atoms with van der Waals surface area (Å²) in [5.74, 6) is -1.22. The van der Waals surface area contributed by atoms with Crippen molar-refractivity contribution in [1.82, 2.24) is 9.97 Å². The van der Waals surface area contributed by atoms with E-state index in [1.54, 1.807) is 19.1 Å². The largest absolute Gasteiger partial charge is 0.487 e. The Labute approximate surface area is 113 Å². The minimum absolute atomic E-state index is 0.0193. The molecule has 0 saturated carbocycles. The number of hydrogen-bond donors (Lipinski definition) is 2. The predicted octanol–water partition coefficient (Wildman–Crippen LogP) is 1.58. The maximum Gasteiger partial charge on any atom is 0.339 e. The van der Waals surface area contributed by atoms with Gasteiger partial charge in [-0.3, -0.25) is 4.79 Å². The topological polar surface area (TPSA) is 102 Å². The number of para-hydroxylation sites is 1. The molecule has 0 unspecified atom stereocenters. The standard InChI is InChI=1S/C13H12N2O5/c1-7-4-3-5-8(13(17)18)9(7)20-12-10(19-2)11(16)14-6-15-12/h3-6H,1-2H3,(H,17,18)(H,14,15,16). The molecule has 0 bridgehead atoms. The Kier molecular flexibility index (Phi) is 3.69. The van der Waals surface area contributed by atoms with Gasteiger partial charge in [-0.15, -0.1) is 0 Å². The normalized spacial score (nSPS) is 10.1. The Bertz CT molecular complexity index is 708. The zero-order chi connectivity index (χ0) is 14.7. The minimum Gasteiger partial charge on any atom is -0.487 e. The number of carboxylic acids is 1. The van der Waals surface area contributed by atoms with Crippen molar-refractivity contribution in [2.24, 2.45) is 0 Å². The molecule has 1 aromatic heterocycles. The first-order valence-electron chi connectivity index (χ1n) is 5.67. The molecule has 1 aromatic carbocycles. The summed E-state index contributed by atoms with van der Waals surface area (Å²) in [6.07, 6.45) is 1.15. The van der Waals surface area contributed by atoms with Crippen molar-refractivity contribution in [1.29, 1.82) is 0 Å². The van der Waals surface area contributed by atoms with Crippen LogP contribution in [0.5, 0.6) is 17.4 Å². The van der Waals surface area contributed by atoms with Crippen molar-refractivity contribution >= 4 is 5.97 Å². The molecule has 2 aromatic rings. The molecular weight excluding hydrogens is 264 g/mol. The van der Waals surface area contributed by atoms with Crippen LogP contribution < -0.4 is 15.0 Å². The van der Waals surface area contributed by atoms with Crippen LogP contribution in [0, 0.1) is 6.92 Å². The van der Waals surface area contributed by atoms with E-state index in [1.165, 1.54) is 13.2 Å². The predicted molar refractivity (Wildman–Crippen MR) is 69.6 cm³/mol. The number of H-pyrrole nitrogens is 1. The number of rotatable bonds is 4. The van der Waals surface area contributed by atoms with Crippen LogP contribution in [-0.2, 0) is 0 Å². The number of benzene rings is 1. The van der Waals surface area contributed by atoms with E-state index in [1.807, 2.05) is 0 Å². The van der Waals surface area contributed by atoms with Gasteiger partial charge in [0.15, 0.2) is 0 Å². The highest BCUT2D eigenvalue weighted by molar-refractivity contribution is 5.91. The van der Waals surface area contributed by atoms with E-state index < -0.39 is 11.5 Å². The summed E-state index contributed by atoms with van der Waals surface area (Å²) in [7, 11) is 1.30. The second kappa shape index (κ2) is 5.43. The van der Waals surface area contributed by atoms with Gasteiger partial charge in [-0.2, -0.15) is 0 Å². The Morgan fingerprint density at radius 3 is 2.75 bits per heavy atom. The molecule has 0 amide bonds. The molecule has 7 nitrogen and oxygen atoms in total. The zero-order valence-corrected chi connectivity index (χ0v) is 10.8. The van der Waals surface area contributed by atoms with Gasteiger partial charge in [0.25, 0.3) is 11.4 Å². The van der Waals surface area contributed by atoms with Crippen molar-refractivity contribution in [2.75, 3.05) is 7.11 Å². The Balaban J connectivity index is 2.53. The highest BCUT2D eigenvalue weighted by atomic mass is 16.5. The second-order valence-corrected chi connectivity index (χ2v) is 3.93. The van der Waals surface area contributed by atoms with Gasteiger partial charge in [0.05, 0.1) is 13.4 Å². The third-order valence-corrected chi connectivity index (χ3v) is 2.62. The SMILES string of the molecule is COc1c(Oc2c(C)cccc2C(=O)O)nc[nH]c1=O. The maximum atomic E-state index is 11.5. The third-order valence-electron chi connectivity index (χ3n) is 2.62. The quantitative estimate of drug-likeness (QED) is 0.879. The van der Waals surface area contributed by atoms with E-state index in [0.29, 0.717) is 5.56 Å². The van der Waals surface area contributed by atoms with Crippen LogP contribution in [0.4, 0.5) is 0 Å². The number of nitrogens with one attached hydrogen (secondary N) is 1. The number of aromatic nitrogens is 2. The summed E-state index contributed by atoms with van der Waals surface area (Å²) < 4.78 is 10.4. The van der Waals surface area contributed by atoms with Gasteiger partial charge in [0, 0.05) is 0 Å². The number of ether oxygens (including phenoxy) is 2. The average molecular weight is 276 g/mol. The fraction of sp³-hybridized carbons (Fsp3) is 0.154. The lowest BCUT2D eigenvalue weighted by atomic mass is 10.1. The van der Waals surface area contributed by atoms with Gasteiger partial charge in [0.2, 0.25) is 5.75 Å². The zero-order valence-electron chi connectivity index (χ0n) is 10.8. The first-order valence-corrected chi connectivity index (χ1v) is 5.67. The number of aryl methyl sites for hydroxylation is 1. The summed E-state index contributed by atoms with van der Waals surface area (Å²) in [5.41, 5.74) is 0.0751. The van der Waals surface area contributed by atoms with E-state index in [0.717, 1.165) is 6.33 Å². The summed E-state index contributed by atoms with van der Waals surface area (Å²) in [5, 5.41) is 9.15. The Morgan fingerprint density at radius 2 is 2.10 bits per heavy atom. The van der Waals surface area contributed by atoms with E-state index in [-0.39, 0.29) is 22.9 Å².